The number of aromatic nitrogens is 2. The Morgan fingerprint density at radius 1 is 1.57 bits per heavy atom. The van der Waals surface area contributed by atoms with Gasteiger partial charge in [0.2, 0.25) is 0 Å². The fourth-order valence-electron chi connectivity index (χ4n) is 1.40. The van der Waals surface area contributed by atoms with Crippen molar-refractivity contribution in [1.29, 1.82) is 0 Å². The van der Waals surface area contributed by atoms with Crippen LogP contribution in [-0.2, 0) is 17.7 Å². The molecule has 4 heteroatoms. The molecule has 0 bridgehead atoms. The van der Waals surface area contributed by atoms with Crippen LogP contribution in [0.3, 0.4) is 0 Å². The topological polar surface area (TPSA) is 28.9 Å². The summed E-state index contributed by atoms with van der Waals surface area (Å²) in [6.07, 6.45) is 8.43. The molecular formula is C10H19N2OS+. The van der Waals surface area contributed by atoms with E-state index in [1.54, 1.807) is 7.11 Å². The summed E-state index contributed by atoms with van der Waals surface area (Å²) in [5.74, 6) is 2.48. The minimum atomic E-state index is 0.781. The Morgan fingerprint density at radius 2 is 2.43 bits per heavy atom. The van der Waals surface area contributed by atoms with Crippen molar-refractivity contribution in [1.82, 2.24) is 4.98 Å². The van der Waals surface area contributed by atoms with Gasteiger partial charge in [-0.25, -0.2) is 9.55 Å². The highest BCUT2D eigenvalue weighted by molar-refractivity contribution is 7.98. The van der Waals surface area contributed by atoms with Crippen molar-refractivity contribution in [3.8, 4) is 0 Å². The third kappa shape index (κ3) is 3.72. The largest absolute Gasteiger partial charge is 0.384 e. The van der Waals surface area contributed by atoms with Crippen LogP contribution in [0.1, 0.15) is 12.2 Å². The SMILES string of the molecule is COCCc1[nH]cc[n+]1CCCSC. The molecule has 14 heavy (non-hydrogen) atoms. The van der Waals surface area contributed by atoms with Gasteiger partial charge in [0.15, 0.2) is 0 Å². The van der Waals surface area contributed by atoms with E-state index < -0.39 is 0 Å². The molecule has 0 aliphatic rings. The van der Waals surface area contributed by atoms with Crippen molar-refractivity contribution in [2.45, 2.75) is 19.4 Å². The minimum Gasteiger partial charge on any atom is -0.384 e. The first-order chi connectivity index (χ1) is 6.88. The highest BCUT2D eigenvalue weighted by Crippen LogP contribution is 1.96. The summed E-state index contributed by atoms with van der Waals surface area (Å²) in [4.78, 5) is 3.24. The number of hydrogen-bond donors (Lipinski definition) is 1. The number of aromatic amines is 1. The van der Waals surface area contributed by atoms with E-state index in [0.717, 1.165) is 19.6 Å². The zero-order valence-corrected chi connectivity index (χ0v) is 9.77. The molecule has 1 aromatic rings. The summed E-state index contributed by atoms with van der Waals surface area (Å²) in [5, 5.41) is 0. The van der Waals surface area contributed by atoms with E-state index in [0.29, 0.717) is 0 Å². The maximum Gasteiger partial charge on any atom is 0.256 e. The van der Waals surface area contributed by atoms with Crippen molar-refractivity contribution in [3.63, 3.8) is 0 Å². The lowest BCUT2D eigenvalue weighted by Crippen LogP contribution is -2.36. The van der Waals surface area contributed by atoms with Crippen molar-refractivity contribution in [2.75, 3.05) is 25.7 Å². The number of aryl methyl sites for hydroxylation is 1. The third-order valence-corrected chi connectivity index (χ3v) is 2.84. The Hall–Kier alpha value is -0.480. The second-order valence-corrected chi connectivity index (χ2v) is 4.17. The number of hydrogen-bond acceptors (Lipinski definition) is 2. The Balaban J connectivity index is 2.37. The first kappa shape index (κ1) is 11.6. The van der Waals surface area contributed by atoms with E-state index in [1.165, 1.54) is 18.0 Å². The van der Waals surface area contributed by atoms with Gasteiger partial charge in [0.25, 0.3) is 5.82 Å². The summed E-state index contributed by atoms with van der Waals surface area (Å²) >= 11 is 1.90. The summed E-state index contributed by atoms with van der Waals surface area (Å²) in [5.41, 5.74) is 0. The number of thioether (sulfide) groups is 1. The second kappa shape index (κ2) is 6.90. The predicted octanol–water partition coefficient (Wildman–Crippen LogP) is 1.24. The monoisotopic (exact) mass is 215 g/mol. The smallest absolute Gasteiger partial charge is 0.256 e. The molecule has 1 heterocycles. The first-order valence-electron chi connectivity index (χ1n) is 4.92. The average Bonchev–Trinajstić information content (AvgIpc) is 2.63. The van der Waals surface area contributed by atoms with Gasteiger partial charge in [-0.1, -0.05) is 0 Å². The van der Waals surface area contributed by atoms with Crippen LogP contribution in [0.25, 0.3) is 0 Å². The number of methoxy groups -OCH3 is 1. The second-order valence-electron chi connectivity index (χ2n) is 3.19. The molecule has 1 rings (SSSR count). The lowest BCUT2D eigenvalue weighted by atomic mass is 10.4. The van der Waals surface area contributed by atoms with Crippen LogP contribution in [0.15, 0.2) is 12.4 Å². The molecule has 0 aliphatic heterocycles. The molecule has 0 aliphatic carbocycles. The maximum atomic E-state index is 5.06. The van der Waals surface area contributed by atoms with Gasteiger partial charge in [0.05, 0.1) is 19.6 Å². The van der Waals surface area contributed by atoms with Gasteiger partial charge in [0, 0.05) is 7.11 Å². The Labute approximate surface area is 89.9 Å². The van der Waals surface area contributed by atoms with Gasteiger partial charge >= 0.3 is 0 Å². The number of H-pyrrole nitrogens is 1. The molecule has 0 saturated carbocycles. The van der Waals surface area contributed by atoms with Crippen LogP contribution < -0.4 is 4.57 Å². The fourth-order valence-corrected chi connectivity index (χ4v) is 1.82. The van der Waals surface area contributed by atoms with Crippen LogP contribution in [0.2, 0.25) is 0 Å². The molecule has 0 aromatic carbocycles. The zero-order valence-electron chi connectivity index (χ0n) is 8.95. The zero-order chi connectivity index (χ0) is 10.2. The molecule has 0 radical (unpaired) electrons. The van der Waals surface area contributed by atoms with Crippen LogP contribution >= 0.6 is 11.8 Å². The molecule has 3 nitrogen and oxygen atoms in total. The van der Waals surface area contributed by atoms with Crippen molar-refractivity contribution >= 4 is 11.8 Å². The average molecular weight is 215 g/mol. The third-order valence-electron chi connectivity index (χ3n) is 2.14. The molecule has 1 aromatic heterocycles. The molecule has 0 atom stereocenters. The van der Waals surface area contributed by atoms with Gasteiger partial charge in [-0.2, -0.15) is 11.8 Å². The van der Waals surface area contributed by atoms with E-state index in [-0.39, 0.29) is 0 Å². The van der Waals surface area contributed by atoms with E-state index in [2.05, 4.69) is 22.0 Å². The van der Waals surface area contributed by atoms with Crippen LogP contribution in [0.5, 0.6) is 0 Å². The number of rotatable bonds is 7. The molecule has 0 fully saturated rings. The van der Waals surface area contributed by atoms with Gasteiger partial charge in [-0.15, -0.1) is 0 Å². The summed E-state index contributed by atoms with van der Waals surface area (Å²) in [6.45, 7) is 1.88. The van der Waals surface area contributed by atoms with Gasteiger partial charge in [-0.3, -0.25) is 0 Å². The Bertz CT molecular complexity index is 250. The standard InChI is InChI=1S/C10H18N2OS/c1-13-8-4-10-11-5-7-12(10)6-3-9-14-2/h5,7H,3-4,6,8-9H2,1-2H3/p+1. The van der Waals surface area contributed by atoms with E-state index >= 15 is 0 Å². The molecule has 1 N–H and O–H groups in total. The first-order valence-corrected chi connectivity index (χ1v) is 6.31. The number of nitrogens with one attached hydrogen (secondary N) is 1. The van der Waals surface area contributed by atoms with Crippen LogP contribution in [0, 0.1) is 0 Å². The van der Waals surface area contributed by atoms with Crippen LogP contribution in [0.4, 0.5) is 0 Å². The highest BCUT2D eigenvalue weighted by atomic mass is 32.2. The predicted molar refractivity (Wildman–Crippen MR) is 59.6 cm³/mol. The molecule has 0 amide bonds. The highest BCUT2D eigenvalue weighted by Gasteiger charge is 2.08. The summed E-state index contributed by atoms with van der Waals surface area (Å²) < 4.78 is 7.33. The quantitative estimate of drug-likeness (QED) is 0.548. The van der Waals surface area contributed by atoms with Gasteiger partial charge in [-0.05, 0) is 18.4 Å². The summed E-state index contributed by atoms with van der Waals surface area (Å²) in [7, 11) is 1.74. The van der Waals surface area contributed by atoms with Crippen molar-refractivity contribution in [2.24, 2.45) is 0 Å². The normalized spacial score (nSPS) is 10.7. The lowest BCUT2D eigenvalue weighted by Gasteiger charge is -1.99. The molecule has 0 saturated heterocycles. The summed E-state index contributed by atoms with van der Waals surface area (Å²) in [6, 6.07) is 0. The molecular weight excluding hydrogens is 196 g/mol. The van der Waals surface area contributed by atoms with E-state index in [1.807, 2.05) is 18.0 Å². The molecule has 0 spiro atoms. The molecule has 0 unspecified atom stereocenters. The van der Waals surface area contributed by atoms with E-state index in [9.17, 15) is 0 Å². The number of nitrogens with zero attached hydrogens (tertiary/aromatic N) is 1. The van der Waals surface area contributed by atoms with Gasteiger partial charge in [0.1, 0.15) is 12.4 Å². The Kier molecular flexibility index (Phi) is 5.71. The lowest BCUT2D eigenvalue weighted by molar-refractivity contribution is -0.702. The maximum absolute atomic E-state index is 5.06. The van der Waals surface area contributed by atoms with Crippen molar-refractivity contribution < 1.29 is 9.30 Å². The van der Waals surface area contributed by atoms with Gasteiger partial charge < -0.3 is 4.74 Å². The van der Waals surface area contributed by atoms with Crippen molar-refractivity contribution in [3.05, 3.63) is 18.2 Å². The number of imidazole rings is 1. The number of ether oxygens (including phenoxy) is 1. The fraction of sp³-hybridized carbons (Fsp3) is 0.700. The minimum absolute atomic E-state index is 0.781. The van der Waals surface area contributed by atoms with E-state index in [4.69, 9.17) is 4.74 Å². The Morgan fingerprint density at radius 3 is 3.14 bits per heavy atom. The molecule has 80 valence electrons. The van der Waals surface area contributed by atoms with Crippen LogP contribution in [-0.4, -0.2) is 30.7 Å².